The van der Waals surface area contributed by atoms with Gasteiger partial charge in [-0.05, 0) is 36.2 Å². The number of rotatable bonds is 3. The van der Waals surface area contributed by atoms with E-state index >= 15 is 0 Å². The average molecular weight is 259 g/mol. The molecule has 19 heavy (non-hydrogen) atoms. The fourth-order valence-electron chi connectivity index (χ4n) is 3.15. The molecule has 1 N–H and O–H groups in total. The van der Waals surface area contributed by atoms with Crippen molar-refractivity contribution >= 4 is 0 Å². The van der Waals surface area contributed by atoms with Crippen LogP contribution in [0.2, 0.25) is 0 Å². The van der Waals surface area contributed by atoms with Gasteiger partial charge in [0.25, 0.3) is 0 Å². The second kappa shape index (κ2) is 6.04. The number of hydrogen-bond acceptors (Lipinski definition) is 3. The number of fused-ring (bicyclic) bond motifs is 1. The van der Waals surface area contributed by atoms with Gasteiger partial charge in [-0.25, -0.2) is 0 Å². The van der Waals surface area contributed by atoms with E-state index in [9.17, 15) is 0 Å². The summed E-state index contributed by atoms with van der Waals surface area (Å²) in [5.74, 6) is 0. The Bertz CT molecular complexity index is 422. The lowest BCUT2D eigenvalue weighted by Crippen LogP contribution is -2.45. The third-order valence-electron chi connectivity index (χ3n) is 4.48. The maximum atomic E-state index is 3.46. The van der Waals surface area contributed by atoms with Gasteiger partial charge in [0.2, 0.25) is 0 Å². The van der Waals surface area contributed by atoms with Crippen LogP contribution in [0.15, 0.2) is 18.2 Å². The standard InChI is InChI=1S/C16H25N3/c1-2-18-7-9-19(10-8-18)13-14-3-4-15-5-6-17-12-16(15)11-14/h3-4,11,17H,2,5-10,12-13H2,1H3. The Kier molecular flexibility index (Phi) is 4.16. The minimum absolute atomic E-state index is 1.05. The minimum Gasteiger partial charge on any atom is -0.312 e. The van der Waals surface area contributed by atoms with Gasteiger partial charge in [-0.1, -0.05) is 25.1 Å². The maximum absolute atomic E-state index is 3.46. The van der Waals surface area contributed by atoms with Crippen molar-refractivity contribution in [3.05, 3.63) is 34.9 Å². The van der Waals surface area contributed by atoms with Crippen molar-refractivity contribution in [1.29, 1.82) is 0 Å². The molecule has 2 heterocycles. The highest BCUT2D eigenvalue weighted by Gasteiger charge is 2.16. The molecule has 0 unspecified atom stereocenters. The molecule has 1 aromatic carbocycles. The lowest BCUT2D eigenvalue weighted by Gasteiger charge is -2.34. The SMILES string of the molecule is CCN1CCN(Cc2ccc3c(c2)CNCC3)CC1. The van der Waals surface area contributed by atoms with Crippen molar-refractivity contribution in [2.45, 2.75) is 26.4 Å². The molecule has 0 aromatic heterocycles. The molecule has 2 aliphatic rings. The summed E-state index contributed by atoms with van der Waals surface area (Å²) in [5.41, 5.74) is 4.53. The zero-order chi connectivity index (χ0) is 13.1. The average Bonchev–Trinajstić information content (AvgIpc) is 2.48. The molecule has 0 aliphatic carbocycles. The topological polar surface area (TPSA) is 18.5 Å². The Labute approximate surface area is 116 Å². The number of hydrogen-bond donors (Lipinski definition) is 1. The summed E-state index contributed by atoms with van der Waals surface area (Å²) in [6.07, 6.45) is 1.19. The van der Waals surface area contributed by atoms with Gasteiger partial charge in [-0.15, -0.1) is 0 Å². The minimum atomic E-state index is 1.05. The van der Waals surface area contributed by atoms with Gasteiger partial charge in [0, 0.05) is 39.3 Å². The lowest BCUT2D eigenvalue weighted by molar-refractivity contribution is 0.132. The van der Waals surface area contributed by atoms with Gasteiger partial charge in [-0.3, -0.25) is 4.90 Å². The number of piperazine rings is 1. The third-order valence-corrected chi connectivity index (χ3v) is 4.48. The summed E-state index contributed by atoms with van der Waals surface area (Å²) in [6, 6.07) is 7.08. The van der Waals surface area contributed by atoms with E-state index in [0.29, 0.717) is 0 Å². The molecule has 3 nitrogen and oxygen atoms in total. The second-order valence-electron chi connectivity index (χ2n) is 5.74. The smallest absolute Gasteiger partial charge is 0.0234 e. The van der Waals surface area contributed by atoms with Crippen LogP contribution in [0.5, 0.6) is 0 Å². The van der Waals surface area contributed by atoms with E-state index in [0.717, 1.165) is 19.6 Å². The van der Waals surface area contributed by atoms with Crippen molar-refractivity contribution in [2.24, 2.45) is 0 Å². The van der Waals surface area contributed by atoms with Crippen LogP contribution in [-0.4, -0.2) is 49.1 Å². The molecule has 0 saturated carbocycles. The van der Waals surface area contributed by atoms with Crippen molar-refractivity contribution in [3.8, 4) is 0 Å². The fourth-order valence-corrected chi connectivity index (χ4v) is 3.15. The quantitative estimate of drug-likeness (QED) is 0.887. The Morgan fingerprint density at radius 3 is 2.63 bits per heavy atom. The van der Waals surface area contributed by atoms with E-state index in [4.69, 9.17) is 0 Å². The first-order valence-electron chi connectivity index (χ1n) is 7.61. The number of nitrogens with one attached hydrogen (secondary N) is 1. The van der Waals surface area contributed by atoms with Crippen LogP contribution in [0.1, 0.15) is 23.6 Å². The Balaban J connectivity index is 1.61. The molecule has 3 heteroatoms. The summed E-state index contributed by atoms with van der Waals surface area (Å²) in [4.78, 5) is 5.12. The van der Waals surface area contributed by atoms with E-state index in [1.54, 1.807) is 5.56 Å². The maximum Gasteiger partial charge on any atom is 0.0234 e. The summed E-state index contributed by atoms with van der Waals surface area (Å²) >= 11 is 0. The number of likely N-dealkylation sites (N-methyl/N-ethyl adjacent to an activating group) is 1. The summed E-state index contributed by atoms with van der Waals surface area (Å²) < 4.78 is 0. The van der Waals surface area contributed by atoms with E-state index < -0.39 is 0 Å². The molecule has 0 amide bonds. The Morgan fingerprint density at radius 1 is 1.05 bits per heavy atom. The van der Waals surface area contributed by atoms with Crippen molar-refractivity contribution < 1.29 is 0 Å². The van der Waals surface area contributed by atoms with E-state index in [1.165, 1.54) is 50.3 Å². The summed E-state index contributed by atoms with van der Waals surface area (Å²) in [6.45, 7) is 11.6. The molecule has 1 fully saturated rings. The number of nitrogens with zero attached hydrogens (tertiary/aromatic N) is 2. The van der Waals surface area contributed by atoms with Crippen molar-refractivity contribution in [3.63, 3.8) is 0 Å². The molecule has 0 radical (unpaired) electrons. The largest absolute Gasteiger partial charge is 0.312 e. The van der Waals surface area contributed by atoms with Gasteiger partial charge < -0.3 is 10.2 Å². The molecule has 1 saturated heterocycles. The number of benzene rings is 1. The molecule has 2 aliphatic heterocycles. The summed E-state index contributed by atoms with van der Waals surface area (Å²) in [5, 5.41) is 3.46. The van der Waals surface area contributed by atoms with E-state index in [2.05, 4.69) is 40.2 Å². The second-order valence-corrected chi connectivity index (χ2v) is 5.74. The molecular formula is C16H25N3. The summed E-state index contributed by atoms with van der Waals surface area (Å²) in [7, 11) is 0. The van der Waals surface area contributed by atoms with Gasteiger partial charge in [0.05, 0.1) is 0 Å². The molecule has 0 atom stereocenters. The van der Waals surface area contributed by atoms with Gasteiger partial charge in [-0.2, -0.15) is 0 Å². The molecular weight excluding hydrogens is 234 g/mol. The van der Waals surface area contributed by atoms with Crippen LogP contribution in [0, 0.1) is 0 Å². The van der Waals surface area contributed by atoms with Crippen LogP contribution >= 0.6 is 0 Å². The van der Waals surface area contributed by atoms with Crippen LogP contribution in [0.25, 0.3) is 0 Å². The first kappa shape index (κ1) is 13.1. The Morgan fingerprint density at radius 2 is 1.84 bits per heavy atom. The molecule has 0 bridgehead atoms. The third kappa shape index (κ3) is 3.16. The van der Waals surface area contributed by atoms with Crippen LogP contribution < -0.4 is 5.32 Å². The predicted molar refractivity (Wildman–Crippen MR) is 79.2 cm³/mol. The lowest BCUT2D eigenvalue weighted by atomic mass is 9.98. The van der Waals surface area contributed by atoms with Gasteiger partial charge >= 0.3 is 0 Å². The first-order chi connectivity index (χ1) is 9.35. The van der Waals surface area contributed by atoms with Gasteiger partial charge in [0.1, 0.15) is 0 Å². The molecule has 104 valence electrons. The van der Waals surface area contributed by atoms with Crippen LogP contribution in [0.4, 0.5) is 0 Å². The van der Waals surface area contributed by atoms with Gasteiger partial charge in [0.15, 0.2) is 0 Å². The molecule has 0 spiro atoms. The molecule has 1 aromatic rings. The first-order valence-corrected chi connectivity index (χ1v) is 7.61. The monoisotopic (exact) mass is 259 g/mol. The van der Waals surface area contributed by atoms with Crippen molar-refractivity contribution in [2.75, 3.05) is 39.3 Å². The zero-order valence-electron chi connectivity index (χ0n) is 12.0. The van der Waals surface area contributed by atoms with Crippen LogP contribution in [-0.2, 0) is 19.5 Å². The zero-order valence-corrected chi connectivity index (χ0v) is 12.0. The van der Waals surface area contributed by atoms with E-state index in [-0.39, 0.29) is 0 Å². The van der Waals surface area contributed by atoms with Crippen LogP contribution in [0.3, 0.4) is 0 Å². The molecule has 3 rings (SSSR count). The highest BCUT2D eigenvalue weighted by Crippen LogP contribution is 2.17. The predicted octanol–water partition coefficient (Wildman–Crippen LogP) is 1.47. The highest BCUT2D eigenvalue weighted by atomic mass is 15.3. The van der Waals surface area contributed by atoms with Crippen molar-refractivity contribution in [1.82, 2.24) is 15.1 Å². The Hall–Kier alpha value is -0.900. The normalized spacial score (nSPS) is 21.3. The highest BCUT2D eigenvalue weighted by molar-refractivity contribution is 5.33. The van der Waals surface area contributed by atoms with E-state index in [1.807, 2.05) is 0 Å². The fraction of sp³-hybridized carbons (Fsp3) is 0.625.